The topological polar surface area (TPSA) is 153 Å². The van der Waals surface area contributed by atoms with Crippen molar-refractivity contribution < 1.29 is 36.5 Å². The summed E-state index contributed by atoms with van der Waals surface area (Å²) in [5.41, 5.74) is 1.78. The molecule has 0 aromatic heterocycles. The molecule has 0 bridgehead atoms. The monoisotopic (exact) mass is 240 g/mol. The van der Waals surface area contributed by atoms with E-state index >= 15 is 0 Å². The second kappa shape index (κ2) is 7.49. The number of hydrogen-bond donors (Lipinski definition) is 6. The van der Waals surface area contributed by atoms with E-state index in [1.54, 1.807) is 5.73 Å². The van der Waals surface area contributed by atoms with E-state index in [1.165, 1.54) is 0 Å². The molecule has 0 aromatic carbocycles. The van der Waals surface area contributed by atoms with Crippen molar-refractivity contribution in [1.82, 2.24) is 0 Å². The Morgan fingerprint density at radius 1 is 1.25 bits per heavy atom. The second-order valence-corrected chi connectivity index (χ2v) is 3.16. The fourth-order valence-corrected chi connectivity index (χ4v) is 0.891. The predicted molar refractivity (Wildman–Crippen MR) is 51.1 cm³/mol. The van der Waals surface area contributed by atoms with Crippen LogP contribution in [0.2, 0.25) is 1.41 Å². The molecule has 4 atom stereocenters. The third kappa shape index (κ3) is 4.84. The van der Waals surface area contributed by atoms with Gasteiger partial charge < -0.3 is 36.0 Å². The van der Waals surface area contributed by atoms with Crippen LogP contribution in [0, 0.1) is 0 Å². The average molecular weight is 240 g/mol. The molecule has 0 aromatic rings. The number of nitrogens with two attached hydrogens (primary N) is 1. The molecule has 0 saturated heterocycles. The van der Waals surface area contributed by atoms with Crippen LogP contribution in [-0.2, 0) is 9.53 Å². The maximum absolute atomic E-state index is 10.8. The van der Waals surface area contributed by atoms with Crippen LogP contribution >= 0.6 is 0 Å². The first-order chi connectivity index (χ1) is 7.93. The van der Waals surface area contributed by atoms with Crippen LogP contribution in [0.1, 0.15) is 0 Å². The van der Waals surface area contributed by atoms with Crippen LogP contribution in [0.3, 0.4) is 0 Å². The van der Waals surface area contributed by atoms with E-state index in [2.05, 4.69) is 4.74 Å². The lowest BCUT2D eigenvalue weighted by atomic mass is 10.0. The highest BCUT2D eigenvalue weighted by atomic mass is 16.5. The zero-order chi connectivity index (χ0) is 13.4. The summed E-state index contributed by atoms with van der Waals surface area (Å²) in [5.74, 6) is -0.816. The number of rotatable bonds is 8. The van der Waals surface area contributed by atoms with Gasteiger partial charge in [-0.15, -0.1) is 0 Å². The van der Waals surface area contributed by atoms with Crippen molar-refractivity contribution in [2.45, 2.75) is 24.4 Å². The largest absolute Gasteiger partial charge is 0.462 e. The summed E-state index contributed by atoms with van der Waals surface area (Å²) in [5, 5.41) is 45.3. The first kappa shape index (κ1) is 13.3. The van der Waals surface area contributed by atoms with Crippen molar-refractivity contribution in [1.29, 1.82) is 0 Å². The Morgan fingerprint density at radius 2 is 1.81 bits per heavy atom. The van der Waals surface area contributed by atoms with Gasteiger partial charge in [-0.3, -0.25) is 4.79 Å². The molecule has 0 fully saturated rings. The van der Waals surface area contributed by atoms with Gasteiger partial charge in [0.2, 0.25) is 0 Å². The minimum absolute atomic E-state index is 0.384. The number of aliphatic hydroxyl groups excluding tert-OH is 5. The lowest BCUT2D eigenvalue weighted by molar-refractivity contribution is -0.154. The van der Waals surface area contributed by atoms with Gasteiger partial charge in [-0.1, -0.05) is 0 Å². The first-order valence-electron chi connectivity index (χ1n) is 5.07. The van der Waals surface area contributed by atoms with Crippen molar-refractivity contribution in [2.24, 2.45) is 5.73 Å². The van der Waals surface area contributed by atoms with Gasteiger partial charge in [-0.25, -0.2) is 0 Å². The van der Waals surface area contributed by atoms with Gasteiger partial charge in [0.1, 0.15) is 32.4 Å². The normalized spacial score (nSPS) is 19.4. The number of aliphatic hydroxyl groups is 5. The van der Waals surface area contributed by atoms with E-state index in [4.69, 9.17) is 11.6 Å². The first-order valence-corrected chi connectivity index (χ1v) is 4.57. The van der Waals surface area contributed by atoms with Gasteiger partial charge in [0.15, 0.2) is 0 Å². The van der Waals surface area contributed by atoms with Crippen LogP contribution in [-0.4, -0.2) is 75.7 Å². The van der Waals surface area contributed by atoms with E-state index in [9.17, 15) is 20.1 Å². The van der Waals surface area contributed by atoms with Crippen molar-refractivity contribution in [3.63, 3.8) is 0 Å². The fraction of sp³-hybridized carbons (Fsp3) is 0.875. The molecule has 0 heterocycles. The smallest absolute Gasteiger partial charge is 0.319 e. The molecular formula is C8H17NO7. The molecule has 8 heteroatoms. The van der Waals surface area contributed by atoms with E-state index in [1.807, 2.05) is 0 Å². The molecule has 8 nitrogen and oxygen atoms in total. The van der Waals surface area contributed by atoms with Gasteiger partial charge in [0.05, 0.1) is 13.2 Å². The van der Waals surface area contributed by atoms with Crippen LogP contribution in [0.25, 0.3) is 0 Å². The maximum Gasteiger partial charge on any atom is 0.319 e. The summed E-state index contributed by atoms with van der Waals surface area (Å²) < 4.78 is 10.9. The molecule has 0 rings (SSSR count). The van der Waals surface area contributed by atoms with Crippen molar-refractivity contribution in [3.05, 3.63) is 0 Å². The Kier molecular flexibility index (Phi) is 6.23. The molecule has 0 aliphatic carbocycles. The van der Waals surface area contributed by atoms with Gasteiger partial charge in [-0.2, -0.15) is 0 Å². The van der Waals surface area contributed by atoms with Crippen LogP contribution in [0.4, 0.5) is 0 Å². The predicted octanol–water partition coefficient (Wildman–Crippen LogP) is -4.08. The fourth-order valence-electron chi connectivity index (χ4n) is 0.891. The molecule has 0 aliphatic rings. The molecule has 16 heavy (non-hydrogen) atoms. The number of carbonyl (C=O) groups is 1. The van der Waals surface area contributed by atoms with Crippen molar-refractivity contribution in [2.75, 3.05) is 19.8 Å². The number of esters is 1. The third-order valence-electron chi connectivity index (χ3n) is 1.88. The Balaban J connectivity index is 4.04. The minimum atomic E-state index is -1.77. The number of ether oxygens (including phenoxy) is 1. The van der Waals surface area contributed by atoms with Gasteiger partial charge in [0.25, 0.3) is 0 Å². The molecule has 96 valence electrons. The van der Waals surface area contributed by atoms with E-state index in [-0.39, 0.29) is 6.54 Å². The molecule has 0 spiro atoms. The molecule has 0 radical (unpaired) electrons. The third-order valence-corrected chi connectivity index (χ3v) is 1.88. The average Bonchev–Trinajstić information content (AvgIpc) is 2.33. The summed E-state index contributed by atoms with van der Waals surface area (Å²) in [6.45, 7) is -1.77. The summed E-state index contributed by atoms with van der Waals surface area (Å²) in [6, 6.07) is 0. The van der Waals surface area contributed by atoms with Crippen LogP contribution < -0.4 is 5.73 Å². The standard InChI is InChI=1S/C8H17NO7/c9-1-6(13)16-3-5(12)8(15)7(14)4(11)2-10/h4-5,7-8,10-12,14-15H,1-3,9H2/t4-,5-,7-,8-/m1/s1/i/hD. The minimum Gasteiger partial charge on any atom is -0.462 e. The molecular weight excluding hydrogens is 222 g/mol. The highest BCUT2D eigenvalue weighted by Crippen LogP contribution is 2.05. The zero-order valence-electron chi connectivity index (χ0n) is 9.48. The Hall–Kier alpha value is -0.770. The molecule has 0 saturated carbocycles. The zero-order valence-corrected chi connectivity index (χ0v) is 8.48. The highest BCUT2D eigenvalue weighted by molar-refractivity contribution is 5.71. The Morgan fingerprint density at radius 3 is 2.31 bits per heavy atom. The van der Waals surface area contributed by atoms with Crippen molar-refractivity contribution in [3.8, 4) is 0 Å². The summed E-state index contributed by atoms with van der Waals surface area (Å²) in [7, 11) is 0. The highest BCUT2D eigenvalue weighted by Gasteiger charge is 2.30. The molecule has 0 unspecified atom stereocenters. The number of hydrogen-bond acceptors (Lipinski definition) is 8. The van der Waals surface area contributed by atoms with Gasteiger partial charge >= 0.3 is 5.97 Å². The maximum atomic E-state index is 10.8. The lowest BCUT2D eigenvalue weighted by Gasteiger charge is -2.25. The summed E-state index contributed by atoms with van der Waals surface area (Å²) in [6.07, 6.45) is -6.75. The summed E-state index contributed by atoms with van der Waals surface area (Å²) in [4.78, 5) is 10.8. The van der Waals surface area contributed by atoms with E-state index < -0.39 is 43.6 Å². The molecule has 0 aliphatic heterocycles. The van der Waals surface area contributed by atoms with Crippen LogP contribution in [0.15, 0.2) is 0 Å². The van der Waals surface area contributed by atoms with E-state index in [0.717, 1.165) is 0 Å². The Bertz CT molecular complexity index is 230. The van der Waals surface area contributed by atoms with E-state index in [0.29, 0.717) is 0 Å². The van der Waals surface area contributed by atoms with Crippen LogP contribution in [0.5, 0.6) is 0 Å². The van der Waals surface area contributed by atoms with Gasteiger partial charge in [-0.05, 0) is 0 Å². The Labute approximate surface area is 93.3 Å². The molecule has 7 N–H and O–H groups in total. The lowest BCUT2D eigenvalue weighted by Crippen LogP contribution is -2.47. The quantitative estimate of drug-likeness (QED) is 0.234. The second-order valence-electron chi connectivity index (χ2n) is 3.16. The summed E-state index contributed by atoms with van der Waals surface area (Å²) >= 11 is 0. The van der Waals surface area contributed by atoms with Crippen molar-refractivity contribution >= 4 is 5.97 Å². The SMILES string of the molecule is [2H]NCC(=O)OC[C@@H](O)[C@@H](O)[C@H](O)[C@H](O)CO. The number of carbonyl (C=O) groups excluding carboxylic acids is 1. The van der Waals surface area contributed by atoms with Gasteiger partial charge in [0, 0.05) is 0 Å². The molecule has 0 amide bonds.